The molecule has 0 spiro atoms. The van der Waals surface area contributed by atoms with Crippen LogP contribution >= 0.6 is 34.5 Å². The van der Waals surface area contributed by atoms with Gasteiger partial charge in [-0.3, -0.25) is 10.1 Å². The molecule has 142 valence electrons. The first-order chi connectivity index (χ1) is 13.0. The van der Waals surface area contributed by atoms with E-state index < -0.39 is 0 Å². The van der Waals surface area contributed by atoms with Crippen LogP contribution in [0.2, 0.25) is 10.0 Å². The van der Waals surface area contributed by atoms with E-state index in [1.165, 1.54) is 11.3 Å². The largest absolute Gasteiger partial charge is 0.494 e. The highest BCUT2D eigenvalue weighted by Gasteiger charge is 2.11. The minimum Gasteiger partial charge on any atom is -0.494 e. The van der Waals surface area contributed by atoms with Gasteiger partial charge in [-0.25, -0.2) is 4.98 Å². The summed E-state index contributed by atoms with van der Waals surface area (Å²) in [7, 11) is 0. The van der Waals surface area contributed by atoms with Crippen molar-refractivity contribution in [3.8, 4) is 11.5 Å². The number of aromatic nitrogens is 1. The number of unbranched alkanes of at least 4 members (excludes halogenated alkanes) is 1. The fourth-order valence-electron chi connectivity index (χ4n) is 2.27. The molecule has 3 rings (SSSR count). The van der Waals surface area contributed by atoms with Crippen molar-refractivity contribution in [3.05, 3.63) is 46.4 Å². The van der Waals surface area contributed by atoms with Crippen molar-refractivity contribution in [2.75, 3.05) is 18.5 Å². The van der Waals surface area contributed by atoms with Crippen molar-refractivity contribution in [2.45, 2.75) is 19.8 Å². The van der Waals surface area contributed by atoms with E-state index >= 15 is 0 Å². The molecule has 0 aliphatic rings. The van der Waals surface area contributed by atoms with Gasteiger partial charge in [-0.2, -0.15) is 0 Å². The summed E-state index contributed by atoms with van der Waals surface area (Å²) in [6, 6.07) is 10.5. The molecule has 1 heterocycles. The molecule has 0 radical (unpaired) electrons. The molecular weight excluding hydrogens is 407 g/mol. The van der Waals surface area contributed by atoms with Gasteiger partial charge in [-0.05, 0) is 42.8 Å². The van der Waals surface area contributed by atoms with Gasteiger partial charge in [0.05, 0.1) is 21.8 Å². The molecule has 0 bridgehead atoms. The molecule has 3 aromatic rings. The molecule has 0 fully saturated rings. The molecule has 2 aromatic carbocycles. The molecule has 5 nitrogen and oxygen atoms in total. The van der Waals surface area contributed by atoms with Crippen molar-refractivity contribution in [2.24, 2.45) is 0 Å². The average Bonchev–Trinajstić information content (AvgIpc) is 3.02. The number of fused-ring (bicyclic) bond motifs is 1. The number of carbonyl (C=O) groups is 1. The molecule has 1 amide bonds. The van der Waals surface area contributed by atoms with E-state index in [9.17, 15) is 4.79 Å². The lowest BCUT2D eigenvalue weighted by Gasteiger charge is -2.07. The van der Waals surface area contributed by atoms with E-state index in [1.54, 1.807) is 18.2 Å². The van der Waals surface area contributed by atoms with Crippen LogP contribution in [0.3, 0.4) is 0 Å². The van der Waals surface area contributed by atoms with Gasteiger partial charge in [0, 0.05) is 5.02 Å². The Morgan fingerprint density at radius 3 is 2.81 bits per heavy atom. The van der Waals surface area contributed by atoms with Crippen molar-refractivity contribution in [1.82, 2.24) is 4.98 Å². The van der Waals surface area contributed by atoms with Crippen LogP contribution in [-0.4, -0.2) is 24.1 Å². The molecule has 0 unspecified atom stereocenters. The summed E-state index contributed by atoms with van der Waals surface area (Å²) in [5.74, 6) is 0.882. The lowest BCUT2D eigenvalue weighted by Crippen LogP contribution is -2.20. The number of nitrogens with one attached hydrogen (secondary N) is 1. The lowest BCUT2D eigenvalue weighted by molar-refractivity contribution is -0.118. The standard InChI is InChI=1S/C19H18Cl2N2O3S/c1-2-3-8-25-13-5-6-15-17(10-13)27-19(22-15)23-18(24)11-26-16-7-4-12(20)9-14(16)21/h4-7,9-10H,2-3,8,11H2,1H3,(H,22,23,24). The van der Waals surface area contributed by atoms with Gasteiger partial charge >= 0.3 is 0 Å². The predicted molar refractivity (Wildman–Crippen MR) is 111 cm³/mol. The first-order valence-electron chi connectivity index (χ1n) is 8.46. The van der Waals surface area contributed by atoms with E-state index in [0.29, 0.717) is 27.5 Å². The van der Waals surface area contributed by atoms with E-state index in [4.69, 9.17) is 32.7 Å². The third kappa shape index (κ3) is 5.48. The van der Waals surface area contributed by atoms with Crippen LogP contribution in [0.4, 0.5) is 5.13 Å². The Bertz CT molecular complexity index is 946. The number of anilines is 1. The third-order valence-corrected chi connectivity index (χ3v) is 5.09. The molecule has 8 heteroatoms. The highest BCUT2D eigenvalue weighted by atomic mass is 35.5. The fourth-order valence-corrected chi connectivity index (χ4v) is 3.65. The smallest absolute Gasteiger partial charge is 0.264 e. The Kier molecular flexibility index (Phi) is 6.77. The van der Waals surface area contributed by atoms with Gasteiger partial charge in [0.15, 0.2) is 11.7 Å². The molecule has 0 atom stereocenters. The molecule has 27 heavy (non-hydrogen) atoms. The van der Waals surface area contributed by atoms with Gasteiger partial charge in [0.1, 0.15) is 11.5 Å². The summed E-state index contributed by atoms with van der Waals surface area (Å²) in [6.07, 6.45) is 2.10. The molecule has 0 aliphatic carbocycles. The number of rotatable bonds is 8. The first-order valence-corrected chi connectivity index (χ1v) is 10.0. The van der Waals surface area contributed by atoms with Crippen LogP contribution in [-0.2, 0) is 4.79 Å². The van der Waals surface area contributed by atoms with Crippen molar-refractivity contribution >= 4 is 55.8 Å². The van der Waals surface area contributed by atoms with Crippen molar-refractivity contribution in [1.29, 1.82) is 0 Å². The first kappa shape index (κ1) is 19.7. The Labute approximate surface area is 171 Å². The van der Waals surface area contributed by atoms with Crippen molar-refractivity contribution < 1.29 is 14.3 Å². The average molecular weight is 425 g/mol. The minimum absolute atomic E-state index is 0.178. The number of hydrogen-bond acceptors (Lipinski definition) is 5. The summed E-state index contributed by atoms with van der Waals surface area (Å²) >= 11 is 13.2. The van der Waals surface area contributed by atoms with Gasteiger partial charge in [-0.15, -0.1) is 0 Å². The molecule has 0 saturated carbocycles. The molecule has 0 saturated heterocycles. The van der Waals surface area contributed by atoms with Crippen LogP contribution in [0, 0.1) is 0 Å². The van der Waals surface area contributed by atoms with Crippen LogP contribution in [0.25, 0.3) is 10.2 Å². The highest BCUT2D eigenvalue weighted by Crippen LogP contribution is 2.30. The van der Waals surface area contributed by atoms with Crippen LogP contribution in [0.15, 0.2) is 36.4 Å². The number of amides is 1. The van der Waals surface area contributed by atoms with Gasteiger partial charge in [0.25, 0.3) is 5.91 Å². The third-order valence-electron chi connectivity index (χ3n) is 3.63. The number of benzene rings is 2. The molecule has 1 N–H and O–H groups in total. The summed E-state index contributed by atoms with van der Waals surface area (Å²) in [4.78, 5) is 16.5. The maximum atomic E-state index is 12.1. The predicted octanol–water partition coefficient (Wildman–Crippen LogP) is 5.80. The second-order valence-corrected chi connectivity index (χ2v) is 7.64. The van der Waals surface area contributed by atoms with E-state index in [1.807, 2.05) is 18.2 Å². The van der Waals surface area contributed by atoms with Crippen LogP contribution in [0.1, 0.15) is 19.8 Å². The summed E-state index contributed by atoms with van der Waals surface area (Å²) in [6.45, 7) is 2.63. The van der Waals surface area contributed by atoms with E-state index in [0.717, 1.165) is 28.8 Å². The number of ether oxygens (including phenoxy) is 2. The van der Waals surface area contributed by atoms with Gasteiger partial charge < -0.3 is 9.47 Å². The van der Waals surface area contributed by atoms with Gasteiger partial charge in [-0.1, -0.05) is 47.9 Å². The fraction of sp³-hybridized carbons (Fsp3) is 0.263. The second kappa shape index (κ2) is 9.26. The van der Waals surface area contributed by atoms with Crippen LogP contribution < -0.4 is 14.8 Å². The topological polar surface area (TPSA) is 60.5 Å². The zero-order valence-corrected chi connectivity index (χ0v) is 17.0. The summed E-state index contributed by atoms with van der Waals surface area (Å²) in [5.41, 5.74) is 0.805. The summed E-state index contributed by atoms with van der Waals surface area (Å²) < 4.78 is 12.1. The molecular formula is C19H18Cl2N2O3S. The highest BCUT2D eigenvalue weighted by molar-refractivity contribution is 7.22. The number of nitrogens with zero attached hydrogens (tertiary/aromatic N) is 1. The maximum absolute atomic E-state index is 12.1. The quantitative estimate of drug-likeness (QED) is 0.464. The molecule has 1 aromatic heterocycles. The Morgan fingerprint density at radius 1 is 1.19 bits per heavy atom. The van der Waals surface area contributed by atoms with Gasteiger partial charge in [0.2, 0.25) is 0 Å². The molecule has 0 aliphatic heterocycles. The number of thiazole rings is 1. The summed E-state index contributed by atoms with van der Waals surface area (Å²) in [5, 5.41) is 4.10. The van der Waals surface area contributed by atoms with Crippen LogP contribution in [0.5, 0.6) is 11.5 Å². The van der Waals surface area contributed by atoms with E-state index in [-0.39, 0.29) is 12.5 Å². The SMILES string of the molecule is CCCCOc1ccc2nc(NC(=O)COc3ccc(Cl)cc3Cl)sc2c1. The monoisotopic (exact) mass is 424 g/mol. The minimum atomic E-state index is -0.320. The second-order valence-electron chi connectivity index (χ2n) is 5.76. The normalized spacial score (nSPS) is 10.8. The number of hydrogen-bond donors (Lipinski definition) is 1. The zero-order valence-electron chi connectivity index (χ0n) is 14.6. The van der Waals surface area contributed by atoms with Crippen molar-refractivity contribution in [3.63, 3.8) is 0 Å². The Balaban J connectivity index is 1.59. The Hall–Kier alpha value is -2.02. The zero-order chi connectivity index (χ0) is 19.2. The maximum Gasteiger partial charge on any atom is 0.264 e. The van der Waals surface area contributed by atoms with E-state index in [2.05, 4.69) is 17.2 Å². The number of halogens is 2. The number of carbonyl (C=O) groups excluding carboxylic acids is 1. The Morgan fingerprint density at radius 2 is 2.04 bits per heavy atom. The lowest BCUT2D eigenvalue weighted by atomic mass is 10.3.